The Morgan fingerprint density at radius 3 is 2.50 bits per heavy atom. The van der Waals surface area contributed by atoms with Crippen molar-refractivity contribution in [2.24, 2.45) is 16.6 Å². The van der Waals surface area contributed by atoms with Crippen LogP contribution >= 0.6 is 11.3 Å². The number of carbonyl (C=O) groups excluding carboxylic acids is 1. The van der Waals surface area contributed by atoms with Gasteiger partial charge in [-0.2, -0.15) is 11.3 Å². The summed E-state index contributed by atoms with van der Waals surface area (Å²) >= 11 is 1.68. The molecule has 0 saturated heterocycles. The van der Waals surface area contributed by atoms with E-state index in [1.54, 1.807) is 30.5 Å². The lowest BCUT2D eigenvalue weighted by atomic mass is 9.98. The van der Waals surface area contributed by atoms with Gasteiger partial charge in [-0.3, -0.25) is 9.79 Å². The number of aliphatic imine (C=N–C) groups is 1. The first kappa shape index (κ1) is 19.9. The fraction of sp³-hybridized carbons (Fsp3) is 0.368. The van der Waals surface area contributed by atoms with Gasteiger partial charge in [0.2, 0.25) is 5.91 Å². The number of halogens is 1. The number of nitrogens with two attached hydrogens (primary N) is 1. The van der Waals surface area contributed by atoms with Gasteiger partial charge in [-0.15, -0.1) is 0 Å². The van der Waals surface area contributed by atoms with Crippen molar-refractivity contribution in [1.29, 1.82) is 0 Å². The van der Waals surface area contributed by atoms with Crippen molar-refractivity contribution in [3.8, 4) is 0 Å². The number of primary amides is 1. The summed E-state index contributed by atoms with van der Waals surface area (Å²) in [5.74, 6) is -0.132. The molecule has 1 amide bonds. The highest BCUT2D eigenvalue weighted by molar-refractivity contribution is 7.07. The third-order valence-electron chi connectivity index (χ3n) is 4.23. The number of guanidine groups is 1. The molecule has 4 N–H and O–H groups in total. The van der Waals surface area contributed by atoms with E-state index in [0.717, 1.165) is 12.1 Å². The Hall–Kier alpha value is -2.41. The molecule has 140 valence electrons. The van der Waals surface area contributed by atoms with Crippen LogP contribution < -0.4 is 16.4 Å². The summed E-state index contributed by atoms with van der Waals surface area (Å²) in [6.07, 6.45) is 0.449. The van der Waals surface area contributed by atoms with Crippen LogP contribution in [0, 0.1) is 11.7 Å². The van der Waals surface area contributed by atoms with Crippen molar-refractivity contribution in [3.63, 3.8) is 0 Å². The van der Waals surface area contributed by atoms with Crippen LogP contribution in [-0.4, -0.2) is 32.0 Å². The van der Waals surface area contributed by atoms with E-state index in [-0.39, 0.29) is 5.82 Å². The molecule has 1 heterocycles. The van der Waals surface area contributed by atoms with Crippen molar-refractivity contribution >= 4 is 23.2 Å². The van der Waals surface area contributed by atoms with E-state index in [9.17, 15) is 9.18 Å². The van der Waals surface area contributed by atoms with Crippen LogP contribution in [0.3, 0.4) is 0 Å². The lowest BCUT2D eigenvalue weighted by Gasteiger charge is -2.18. The Labute approximate surface area is 157 Å². The van der Waals surface area contributed by atoms with Gasteiger partial charge >= 0.3 is 0 Å². The molecule has 2 rings (SSSR count). The molecule has 26 heavy (non-hydrogen) atoms. The van der Waals surface area contributed by atoms with Crippen LogP contribution in [0.25, 0.3) is 0 Å². The van der Waals surface area contributed by atoms with Gasteiger partial charge in [0.15, 0.2) is 5.96 Å². The summed E-state index contributed by atoms with van der Waals surface area (Å²) in [5, 5.41) is 10.6. The molecule has 0 aliphatic heterocycles. The summed E-state index contributed by atoms with van der Waals surface area (Å²) in [6, 6.07) is 8.21. The number of carbonyl (C=O) groups is 1. The van der Waals surface area contributed by atoms with Crippen LogP contribution in [0.2, 0.25) is 0 Å². The van der Waals surface area contributed by atoms with Crippen LogP contribution in [0.1, 0.15) is 24.0 Å². The predicted octanol–water partition coefficient (Wildman–Crippen LogP) is 2.50. The highest BCUT2D eigenvalue weighted by atomic mass is 32.1. The predicted molar refractivity (Wildman–Crippen MR) is 105 cm³/mol. The minimum atomic E-state index is -0.409. The number of nitrogens with one attached hydrogen (secondary N) is 2. The van der Waals surface area contributed by atoms with Crippen molar-refractivity contribution in [3.05, 3.63) is 58.0 Å². The number of nitrogens with zero attached hydrogens (tertiary/aromatic N) is 1. The van der Waals surface area contributed by atoms with E-state index in [2.05, 4.69) is 39.4 Å². The molecular formula is C19H25FN4OS. The van der Waals surface area contributed by atoms with Crippen LogP contribution in [0.15, 0.2) is 46.1 Å². The molecule has 2 aromatic rings. The SMILES string of the molecule is CN=C(NCC(Cc1ccc(F)cc1)C(N)=O)NCC(C)c1ccsc1. The smallest absolute Gasteiger partial charge is 0.222 e. The first-order valence-electron chi connectivity index (χ1n) is 8.50. The van der Waals surface area contributed by atoms with Gasteiger partial charge in [0.05, 0.1) is 5.92 Å². The third kappa shape index (κ3) is 6.15. The summed E-state index contributed by atoms with van der Waals surface area (Å²) in [7, 11) is 1.68. The van der Waals surface area contributed by atoms with Crippen LogP contribution in [-0.2, 0) is 11.2 Å². The summed E-state index contributed by atoms with van der Waals surface area (Å²) in [4.78, 5) is 15.9. The van der Waals surface area contributed by atoms with Crippen molar-refractivity contribution < 1.29 is 9.18 Å². The minimum absolute atomic E-state index is 0.299. The van der Waals surface area contributed by atoms with Gasteiger partial charge < -0.3 is 16.4 Å². The Kier molecular flexibility index (Phi) is 7.59. The Morgan fingerprint density at radius 2 is 1.92 bits per heavy atom. The number of rotatable bonds is 8. The van der Waals surface area contributed by atoms with E-state index < -0.39 is 11.8 Å². The lowest BCUT2D eigenvalue weighted by Crippen LogP contribution is -2.44. The third-order valence-corrected chi connectivity index (χ3v) is 4.93. The van der Waals surface area contributed by atoms with Gasteiger partial charge in [-0.05, 0) is 52.4 Å². The van der Waals surface area contributed by atoms with Crippen LogP contribution in [0.5, 0.6) is 0 Å². The summed E-state index contributed by atoms with van der Waals surface area (Å²) in [6.45, 7) is 3.23. The average molecular weight is 377 g/mol. The molecule has 0 aliphatic carbocycles. The highest BCUT2D eigenvalue weighted by Crippen LogP contribution is 2.17. The first-order valence-corrected chi connectivity index (χ1v) is 9.44. The second-order valence-corrected chi connectivity index (χ2v) is 7.00. The molecule has 0 spiro atoms. The first-order chi connectivity index (χ1) is 12.5. The standard InChI is InChI=1S/C19H25FN4OS/c1-13(15-7-8-26-12-15)10-23-19(22-2)24-11-16(18(21)25)9-14-3-5-17(20)6-4-14/h3-8,12-13,16H,9-11H2,1-2H3,(H2,21,25)(H2,22,23,24). The maximum Gasteiger partial charge on any atom is 0.222 e. The van der Waals surface area contributed by atoms with E-state index in [1.165, 1.54) is 17.7 Å². The molecule has 0 bridgehead atoms. The number of hydrogen-bond donors (Lipinski definition) is 3. The van der Waals surface area contributed by atoms with E-state index in [0.29, 0.717) is 24.8 Å². The molecule has 0 saturated carbocycles. The molecule has 1 aromatic heterocycles. The maximum absolute atomic E-state index is 13.0. The summed E-state index contributed by atoms with van der Waals surface area (Å²) < 4.78 is 13.0. The Bertz CT molecular complexity index is 716. The van der Waals surface area contributed by atoms with Gasteiger partial charge in [0, 0.05) is 20.1 Å². The van der Waals surface area contributed by atoms with Crippen molar-refractivity contribution in [2.75, 3.05) is 20.1 Å². The maximum atomic E-state index is 13.0. The molecular weight excluding hydrogens is 351 g/mol. The van der Waals surface area contributed by atoms with Crippen molar-refractivity contribution in [1.82, 2.24) is 10.6 Å². The number of benzene rings is 1. The van der Waals surface area contributed by atoms with Crippen LogP contribution in [0.4, 0.5) is 4.39 Å². The molecule has 2 unspecified atom stereocenters. The zero-order valence-corrected chi connectivity index (χ0v) is 15.9. The van der Waals surface area contributed by atoms with Gasteiger partial charge in [-0.25, -0.2) is 4.39 Å². The number of thiophene rings is 1. The summed E-state index contributed by atoms with van der Waals surface area (Å²) in [5.41, 5.74) is 7.66. The normalized spacial score (nSPS) is 13.9. The highest BCUT2D eigenvalue weighted by Gasteiger charge is 2.17. The molecule has 5 nitrogen and oxygen atoms in total. The van der Waals surface area contributed by atoms with E-state index >= 15 is 0 Å². The lowest BCUT2D eigenvalue weighted by molar-refractivity contribution is -0.121. The molecule has 0 fully saturated rings. The minimum Gasteiger partial charge on any atom is -0.369 e. The Morgan fingerprint density at radius 1 is 1.23 bits per heavy atom. The fourth-order valence-corrected chi connectivity index (χ4v) is 3.32. The van der Waals surface area contributed by atoms with E-state index in [1.807, 2.05) is 0 Å². The zero-order chi connectivity index (χ0) is 18.9. The van der Waals surface area contributed by atoms with Gasteiger partial charge in [0.1, 0.15) is 5.82 Å². The second kappa shape index (κ2) is 9.91. The molecule has 2 atom stereocenters. The number of hydrogen-bond acceptors (Lipinski definition) is 3. The van der Waals surface area contributed by atoms with Crippen molar-refractivity contribution in [2.45, 2.75) is 19.3 Å². The molecule has 0 aliphatic rings. The average Bonchev–Trinajstić information content (AvgIpc) is 3.16. The zero-order valence-electron chi connectivity index (χ0n) is 15.0. The monoisotopic (exact) mass is 376 g/mol. The molecule has 1 aromatic carbocycles. The second-order valence-electron chi connectivity index (χ2n) is 6.22. The fourth-order valence-electron chi connectivity index (χ4n) is 2.54. The largest absolute Gasteiger partial charge is 0.369 e. The van der Waals surface area contributed by atoms with E-state index in [4.69, 9.17) is 5.73 Å². The molecule has 7 heteroatoms. The van der Waals surface area contributed by atoms with Gasteiger partial charge in [0.25, 0.3) is 0 Å². The number of amides is 1. The Balaban J connectivity index is 1.85. The quantitative estimate of drug-likeness (QED) is 0.489. The van der Waals surface area contributed by atoms with Gasteiger partial charge in [-0.1, -0.05) is 19.1 Å². The topological polar surface area (TPSA) is 79.5 Å². The molecule has 0 radical (unpaired) electrons.